The second-order valence-electron chi connectivity index (χ2n) is 5.33. The second-order valence-corrected chi connectivity index (χ2v) is 6.85. The maximum atomic E-state index is 13.2. The lowest BCUT2D eigenvalue weighted by molar-refractivity contribution is 0.547. The highest BCUT2D eigenvalue weighted by Gasteiger charge is 2.31. The Kier molecular flexibility index (Phi) is 5.87. The van der Waals surface area contributed by atoms with E-state index in [2.05, 4.69) is 44.0 Å². The van der Waals surface area contributed by atoms with E-state index in [0.717, 1.165) is 38.8 Å². The van der Waals surface area contributed by atoms with Gasteiger partial charge in [-0.3, -0.25) is 0 Å². The third-order valence-corrected chi connectivity index (χ3v) is 6.20. The van der Waals surface area contributed by atoms with E-state index >= 15 is 0 Å². The molecule has 21 heavy (non-hydrogen) atoms. The lowest BCUT2D eigenvalue weighted by Crippen LogP contribution is -2.33. The second kappa shape index (κ2) is 7.26. The van der Waals surface area contributed by atoms with E-state index < -0.39 is 0 Å². The number of alkyl halides is 2. The summed E-state index contributed by atoms with van der Waals surface area (Å²) >= 11 is 13.6. The Balaban J connectivity index is 2.40. The summed E-state index contributed by atoms with van der Waals surface area (Å²) in [5.41, 5.74) is 3.18. The van der Waals surface area contributed by atoms with Crippen LogP contribution >= 0.6 is 43.5 Å². The number of hydrogen-bond acceptors (Lipinski definition) is 0. The van der Waals surface area contributed by atoms with Crippen LogP contribution in [0.1, 0.15) is 16.7 Å². The first-order chi connectivity index (χ1) is 10.0. The molecule has 0 atom stereocenters. The molecule has 0 bridgehead atoms. The predicted molar refractivity (Wildman–Crippen MR) is 95.6 cm³/mol. The fraction of sp³-hybridized carbons (Fsp3) is 0.294. The van der Waals surface area contributed by atoms with Crippen LogP contribution in [0, 0.1) is 12.7 Å². The molecule has 2 aromatic carbocycles. The molecular weight excluding hydrogens is 418 g/mol. The first-order valence-corrected chi connectivity index (χ1v) is 9.26. The van der Waals surface area contributed by atoms with Crippen molar-refractivity contribution in [1.29, 1.82) is 0 Å². The SMILES string of the molecule is Cc1ccc(CC(CBr)(CBr)c2ccc(F)cc2)c(Cl)c1. The molecule has 2 aromatic rings. The van der Waals surface area contributed by atoms with Crippen LogP contribution in [0.25, 0.3) is 0 Å². The summed E-state index contributed by atoms with van der Waals surface area (Å²) in [6.45, 7) is 2.03. The molecule has 0 spiro atoms. The number of hydrogen-bond donors (Lipinski definition) is 0. The van der Waals surface area contributed by atoms with Gasteiger partial charge in [-0.1, -0.05) is 67.7 Å². The van der Waals surface area contributed by atoms with Gasteiger partial charge in [0.15, 0.2) is 0 Å². The number of benzene rings is 2. The molecule has 2 rings (SSSR count). The van der Waals surface area contributed by atoms with E-state index in [1.165, 1.54) is 12.1 Å². The summed E-state index contributed by atoms with van der Waals surface area (Å²) in [6.07, 6.45) is 0.786. The summed E-state index contributed by atoms with van der Waals surface area (Å²) in [4.78, 5) is 0. The van der Waals surface area contributed by atoms with E-state index in [1.807, 2.05) is 25.1 Å². The van der Waals surface area contributed by atoms with E-state index in [4.69, 9.17) is 11.6 Å². The monoisotopic (exact) mass is 432 g/mol. The minimum atomic E-state index is -0.217. The summed E-state index contributed by atoms with van der Waals surface area (Å²) in [5.74, 6) is -0.217. The van der Waals surface area contributed by atoms with Crippen LogP contribution in [0.2, 0.25) is 5.02 Å². The van der Waals surface area contributed by atoms with Crippen LogP contribution in [0.5, 0.6) is 0 Å². The van der Waals surface area contributed by atoms with Gasteiger partial charge in [-0.15, -0.1) is 0 Å². The van der Waals surface area contributed by atoms with Crippen molar-refractivity contribution in [3.63, 3.8) is 0 Å². The zero-order chi connectivity index (χ0) is 15.5. The van der Waals surface area contributed by atoms with Crippen LogP contribution in [0.15, 0.2) is 42.5 Å². The molecule has 0 aromatic heterocycles. The van der Waals surface area contributed by atoms with Gasteiger partial charge in [0.05, 0.1) is 0 Å². The Morgan fingerprint density at radius 2 is 1.67 bits per heavy atom. The van der Waals surface area contributed by atoms with Crippen LogP contribution < -0.4 is 0 Å². The van der Waals surface area contributed by atoms with Gasteiger partial charge in [-0.05, 0) is 48.2 Å². The average Bonchev–Trinajstić information content (AvgIpc) is 2.48. The lowest BCUT2D eigenvalue weighted by atomic mass is 9.79. The van der Waals surface area contributed by atoms with Gasteiger partial charge in [0.2, 0.25) is 0 Å². The Morgan fingerprint density at radius 1 is 1.05 bits per heavy atom. The van der Waals surface area contributed by atoms with Crippen molar-refractivity contribution >= 4 is 43.5 Å². The van der Waals surface area contributed by atoms with Gasteiger partial charge < -0.3 is 0 Å². The molecule has 0 heterocycles. The number of aryl methyl sites for hydroxylation is 1. The standard InChI is InChI=1S/C17H16Br2ClF/c1-12-2-3-13(16(20)8-12)9-17(10-18,11-19)14-4-6-15(21)7-5-14/h2-8H,9-11H2,1H3. The highest BCUT2D eigenvalue weighted by atomic mass is 79.9. The normalized spacial score (nSPS) is 11.7. The molecule has 0 fully saturated rings. The van der Waals surface area contributed by atoms with Crippen LogP contribution in [-0.2, 0) is 11.8 Å². The fourth-order valence-corrected chi connectivity index (χ4v) is 4.62. The maximum absolute atomic E-state index is 13.2. The molecule has 0 aliphatic rings. The Bertz CT molecular complexity index is 607. The smallest absolute Gasteiger partial charge is 0.123 e. The zero-order valence-corrected chi connectivity index (χ0v) is 15.6. The molecule has 0 aliphatic heterocycles. The molecule has 0 N–H and O–H groups in total. The van der Waals surface area contributed by atoms with E-state index in [9.17, 15) is 4.39 Å². The lowest BCUT2D eigenvalue weighted by Gasteiger charge is -2.31. The summed E-state index contributed by atoms with van der Waals surface area (Å²) < 4.78 is 13.2. The minimum Gasteiger partial charge on any atom is -0.207 e. The van der Waals surface area contributed by atoms with Gasteiger partial charge in [-0.25, -0.2) is 4.39 Å². The largest absolute Gasteiger partial charge is 0.207 e. The van der Waals surface area contributed by atoms with Gasteiger partial charge in [0, 0.05) is 21.1 Å². The minimum absolute atomic E-state index is 0.160. The Labute approximate surface area is 147 Å². The quantitative estimate of drug-likeness (QED) is 0.502. The summed E-state index contributed by atoms with van der Waals surface area (Å²) in [5, 5.41) is 2.31. The maximum Gasteiger partial charge on any atom is 0.123 e. The number of halogens is 4. The highest BCUT2D eigenvalue weighted by molar-refractivity contribution is 9.09. The highest BCUT2D eigenvalue weighted by Crippen LogP contribution is 2.35. The summed E-state index contributed by atoms with van der Waals surface area (Å²) in [6, 6.07) is 12.8. The first-order valence-electron chi connectivity index (χ1n) is 6.64. The molecule has 112 valence electrons. The zero-order valence-electron chi connectivity index (χ0n) is 11.7. The molecule has 0 nitrogen and oxygen atoms in total. The van der Waals surface area contributed by atoms with Crippen LogP contribution in [0.3, 0.4) is 0 Å². The van der Waals surface area contributed by atoms with Crippen molar-refractivity contribution in [2.24, 2.45) is 0 Å². The van der Waals surface area contributed by atoms with Crippen molar-refractivity contribution in [3.05, 3.63) is 70.0 Å². The molecule has 0 unspecified atom stereocenters. The van der Waals surface area contributed by atoms with E-state index in [0.29, 0.717) is 0 Å². The molecule has 0 aliphatic carbocycles. The summed E-state index contributed by atoms with van der Waals surface area (Å²) in [7, 11) is 0. The fourth-order valence-electron chi connectivity index (χ4n) is 2.35. The van der Waals surface area contributed by atoms with E-state index in [1.54, 1.807) is 0 Å². The van der Waals surface area contributed by atoms with Crippen LogP contribution in [-0.4, -0.2) is 10.7 Å². The molecule has 0 radical (unpaired) electrons. The average molecular weight is 435 g/mol. The van der Waals surface area contributed by atoms with Gasteiger partial charge >= 0.3 is 0 Å². The van der Waals surface area contributed by atoms with Crippen molar-refractivity contribution in [3.8, 4) is 0 Å². The van der Waals surface area contributed by atoms with E-state index in [-0.39, 0.29) is 11.2 Å². The van der Waals surface area contributed by atoms with Gasteiger partial charge in [0.1, 0.15) is 5.82 Å². The van der Waals surface area contributed by atoms with Crippen molar-refractivity contribution in [2.75, 3.05) is 10.7 Å². The molecule has 0 saturated carbocycles. The van der Waals surface area contributed by atoms with Gasteiger partial charge in [-0.2, -0.15) is 0 Å². The Morgan fingerprint density at radius 3 is 2.19 bits per heavy atom. The topological polar surface area (TPSA) is 0 Å². The number of rotatable bonds is 5. The molecular formula is C17H16Br2ClF. The van der Waals surface area contributed by atoms with Crippen molar-refractivity contribution < 1.29 is 4.39 Å². The van der Waals surface area contributed by atoms with Crippen molar-refractivity contribution in [2.45, 2.75) is 18.8 Å². The molecule has 0 amide bonds. The third kappa shape index (κ3) is 3.88. The van der Waals surface area contributed by atoms with Crippen LogP contribution in [0.4, 0.5) is 4.39 Å². The Hall–Kier alpha value is -0.380. The third-order valence-electron chi connectivity index (χ3n) is 3.71. The van der Waals surface area contributed by atoms with Gasteiger partial charge in [0.25, 0.3) is 0 Å². The first kappa shape index (κ1) is 17.0. The molecule has 0 saturated heterocycles. The van der Waals surface area contributed by atoms with Crippen molar-refractivity contribution in [1.82, 2.24) is 0 Å². The molecule has 4 heteroatoms. The predicted octanol–water partition coefficient (Wildman–Crippen LogP) is 6.06.